The molecule has 0 aromatic rings. The number of carbonyl (C=O) groups excluding carboxylic acids is 2. The minimum atomic E-state index is -2.44. The Bertz CT molecular complexity index is 779. The van der Waals surface area contributed by atoms with E-state index >= 15 is 0 Å². The van der Waals surface area contributed by atoms with Crippen molar-refractivity contribution in [3.05, 3.63) is 0 Å². The van der Waals surface area contributed by atoms with Gasteiger partial charge in [0.15, 0.2) is 13.1 Å². The van der Waals surface area contributed by atoms with Gasteiger partial charge in [-0.05, 0) is 44.9 Å². The highest BCUT2D eigenvalue weighted by atomic mass is 31.2. The average molecular weight is 730 g/mol. The molecule has 0 saturated carbocycles. The van der Waals surface area contributed by atoms with Crippen LogP contribution in [0.15, 0.2) is 0 Å². The van der Waals surface area contributed by atoms with Crippen molar-refractivity contribution < 1.29 is 33.9 Å². The van der Waals surface area contributed by atoms with E-state index in [1.165, 1.54) is 103 Å². The van der Waals surface area contributed by atoms with Crippen molar-refractivity contribution in [2.45, 2.75) is 226 Å². The average Bonchev–Trinajstić information content (AvgIpc) is 3.08. The highest BCUT2D eigenvalue weighted by molar-refractivity contribution is 7.71. The number of esters is 1. The summed E-state index contributed by atoms with van der Waals surface area (Å²) in [4.78, 5) is 38.7. The number of hydrogen-bond donors (Lipinski definition) is 2. The van der Waals surface area contributed by atoms with Gasteiger partial charge < -0.3 is 19.5 Å². The largest absolute Gasteiger partial charge is 0.481 e. The van der Waals surface area contributed by atoms with Crippen LogP contribution in [-0.4, -0.2) is 58.8 Å². The summed E-state index contributed by atoms with van der Waals surface area (Å²) in [6.45, 7) is 9.07. The maximum atomic E-state index is 13.9. The lowest BCUT2D eigenvalue weighted by Crippen LogP contribution is -2.45. The van der Waals surface area contributed by atoms with E-state index in [-0.39, 0.29) is 6.61 Å². The molecule has 0 amide bonds. The van der Waals surface area contributed by atoms with Crippen molar-refractivity contribution in [1.29, 1.82) is 0 Å². The summed E-state index contributed by atoms with van der Waals surface area (Å²) in [5.41, 5.74) is -2.44. The predicted octanol–water partition coefficient (Wildman–Crippen LogP) is 12.6. The monoisotopic (exact) mass is 730 g/mol. The molecular weight excluding hydrogens is 647 g/mol. The molecule has 0 spiro atoms. The normalized spacial score (nSPS) is 12.9. The maximum Gasteiger partial charge on any atom is 0.382 e. The Balaban J connectivity index is 5.53. The van der Waals surface area contributed by atoms with Crippen LogP contribution in [0.2, 0.25) is 0 Å². The van der Waals surface area contributed by atoms with Gasteiger partial charge in [-0.3, -0.25) is 9.59 Å². The first-order valence-corrected chi connectivity index (χ1v) is 23.6. The molecule has 2 N–H and O–H groups in total. The number of aliphatic carboxylic acids is 1. The van der Waals surface area contributed by atoms with E-state index in [1.54, 1.807) is 0 Å². The maximum absolute atomic E-state index is 13.9. The van der Waals surface area contributed by atoms with Gasteiger partial charge in [0.05, 0.1) is 37.9 Å². The van der Waals surface area contributed by atoms with Crippen LogP contribution in [0.25, 0.3) is 0 Å². The Morgan fingerprint density at radius 3 is 1.14 bits per heavy atom. The fourth-order valence-electron chi connectivity index (χ4n) is 6.80. The Morgan fingerprint density at radius 1 is 0.480 bits per heavy atom. The lowest BCUT2D eigenvalue weighted by atomic mass is 9.96. The molecule has 0 radical (unpaired) electrons. The smallest absolute Gasteiger partial charge is 0.382 e. The molecule has 8 heteroatoms. The topological polar surface area (TPSA) is 110 Å². The van der Waals surface area contributed by atoms with Crippen molar-refractivity contribution in [2.75, 3.05) is 25.1 Å². The van der Waals surface area contributed by atoms with Gasteiger partial charge in [0, 0.05) is 0 Å². The van der Waals surface area contributed by atoms with Crippen LogP contribution >= 0.6 is 7.49 Å². The highest BCUT2D eigenvalue weighted by Gasteiger charge is 2.50. The first kappa shape index (κ1) is 48.8. The van der Waals surface area contributed by atoms with Gasteiger partial charge in [0.25, 0.3) is 0 Å². The third-order valence-corrected chi connectivity index (χ3v) is 14.0. The lowest BCUT2D eigenvalue weighted by Gasteiger charge is -2.30. The molecule has 0 aromatic heterocycles. The predicted molar refractivity (Wildman–Crippen MR) is 212 cm³/mol. The Labute approximate surface area is 309 Å². The molecule has 0 rings (SSSR count). The number of rotatable bonds is 38. The Kier molecular flexibility index (Phi) is 32.8. The molecule has 296 valence electrons. The van der Waals surface area contributed by atoms with Crippen molar-refractivity contribution in [3.63, 3.8) is 0 Å². The van der Waals surface area contributed by atoms with E-state index in [2.05, 4.69) is 27.7 Å². The van der Waals surface area contributed by atoms with Crippen molar-refractivity contribution >= 4 is 25.4 Å². The summed E-state index contributed by atoms with van der Waals surface area (Å²) in [6, 6.07) is 0. The summed E-state index contributed by atoms with van der Waals surface area (Å²) in [5, 5.41) is 21.2. The van der Waals surface area contributed by atoms with Gasteiger partial charge in [0.2, 0.25) is 0 Å². The van der Waals surface area contributed by atoms with Gasteiger partial charge >= 0.3 is 17.9 Å². The van der Waals surface area contributed by atoms with E-state index in [9.17, 15) is 24.6 Å². The third kappa shape index (κ3) is 27.5. The summed E-state index contributed by atoms with van der Waals surface area (Å²) in [6.07, 6.45) is 32.9. The molecule has 1 atom stereocenters. The molecule has 0 aromatic carbocycles. The summed E-state index contributed by atoms with van der Waals surface area (Å²) < 4.78 is 11.9. The van der Waals surface area contributed by atoms with Crippen molar-refractivity contribution in [3.8, 4) is 0 Å². The summed E-state index contributed by atoms with van der Waals surface area (Å²) in [5.74, 6) is -3.01. The quantitative estimate of drug-likeness (QED) is 0.0370. The number of ether oxygens (including phenoxy) is 1. The van der Waals surface area contributed by atoms with E-state index in [1.807, 2.05) is 0 Å². The molecule has 1 unspecified atom stereocenters. The molecule has 0 aliphatic carbocycles. The molecule has 0 aliphatic heterocycles. The number of carboxylic acids is 1. The van der Waals surface area contributed by atoms with Crippen LogP contribution in [0.3, 0.4) is 0 Å². The second-order valence-electron chi connectivity index (χ2n) is 15.1. The van der Waals surface area contributed by atoms with E-state index in [0.717, 1.165) is 89.1 Å². The molecule has 0 bridgehead atoms. The molecule has 0 saturated heterocycles. The third-order valence-electron chi connectivity index (χ3n) is 10.1. The number of carbonyl (C=O) groups is 3. The molecule has 7 nitrogen and oxygen atoms in total. The standard InChI is InChI=1S/C42H81O7P/c1-5-9-13-17-21-22-23-24-25-29-33-48-40(45)38-42(47,37-39(43)44)41(46)49-50(34-30-26-18-14-10-6-2,35-31-27-19-15-11-7-3)36-32-28-20-16-12-8-4/h47H,5-38H2,1-4H3/p+1. The van der Waals surface area contributed by atoms with Crippen LogP contribution < -0.4 is 0 Å². The first-order chi connectivity index (χ1) is 24.2. The van der Waals surface area contributed by atoms with Gasteiger partial charge in [-0.15, -0.1) is 0 Å². The Morgan fingerprint density at radius 2 is 0.800 bits per heavy atom. The Hall–Kier alpha value is -1.20. The zero-order valence-electron chi connectivity index (χ0n) is 33.4. The van der Waals surface area contributed by atoms with Gasteiger partial charge in [0.1, 0.15) is 0 Å². The van der Waals surface area contributed by atoms with Gasteiger partial charge in [-0.1, -0.05) is 163 Å². The fourth-order valence-corrected chi connectivity index (χ4v) is 10.7. The van der Waals surface area contributed by atoms with Crippen LogP contribution in [0.1, 0.15) is 220 Å². The minimum absolute atomic E-state index is 0.207. The van der Waals surface area contributed by atoms with Gasteiger partial charge in [-0.2, -0.15) is 0 Å². The SMILES string of the molecule is CCCCCCCCCCCCOC(=O)CC(O)(CC(=O)O)C(=O)O[P+](CCCCCCCC)(CCCCCCCC)CCCCCCCC. The molecule has 0 fully saturated rings. The first-order valence-electron chi connectivity index (χ1n) is 21.4. The molecule has 0 heterocycles. The summed E-state index contributed by atoms with van der Waals surface area (Å²) in [7, 11) is -2.30. The second kappa shape index (κ2) is 33.6. The van der Waals surface area contributed by atoms with Crippen molar-refractivity contribution in [1.82, 2.24) is 0 Å². The highest BCUT2D eigenvalue weighted by Crippen LogP contribution is 2.62. The zero-order valence-corrected chi connectivity index (χ0v) is 34.3. The van der Waals surface area contributed by atoms with E-state index < -0.39 is 43.8 Å². The zero-order chi connectivity index (χ0) is 37.2. The minimum Gasteiger partial charge on any atom is -0.481 e. The fraction of sp³-hybridized carbons (Fsp3) is 0.929. The number of carboxylic acid groups (broad SMARTS) is 1. The second-order valence-corrected chi connectivity index (χ2v) is 18.7. The molecular formula is C42H82O7P+. The van der Waals surface area contributed by atoms with E-state index in [0.29, 0.717) is 6.42 Å². The van der Waals surface area contributed by atoms with E-state index in [4.69, 9.17) is 9.26 Å². The molecule has 0 aliphatic rings. The van der Waals surface area contributed by atoms with Gasteiger partial charge in [-0.25, -0.2) is 4.79 Å². The number of unbranched alkanes of at least 4 members (excludes halogenated alkanes) is 24. The van der Waals surface area contributed by atoms with Crippen LogP contribution in [0.5, 0.6) is 0 Å². The summed E-state index contributed by atoms with van der Waals surface area (Å²) >= 11 is 0. The van der Waals surface area contributed by atoms with Crippen LogP contribution in [0.4, 0.5) is 0 Å². The number of hydrogen-bond acceptors (Lipinski definition) is 6. The van der Waals surface area contributed by atoms with Crippen LogP contribution in [0, 0.1) is 0 Å². The van der Waals surface area contributed by atoms with Crippen molar-refractivity contribution in [2.24, 2.45) is 0 Å². The lowest BCUT2D eigenvalue weighted by molar-refractivity contribution is -0.169. The number of aliphatic hydroxyl groups is 1. The molecule has 50 heavy (non-hydrogen) atoms. The van der Waals surface area contributed by atoms with Crippen LogP contribution in [-0.2, 0) is 23.6 Å².